The van der Waals surface area contributed by atoms with Gasteiger partial charge in [0.05, 0.1) is 4.88 Å². The van der Waals surface area contributed by atoms with Gasteiger partial charge >= 0.3 is 0 Å². The molecule has 1 aromatic rings. The minimum absolute atomic E-state index is 0.0159. The number of thiophene rings is 1. The zero-order chi connectivity index (χ0) is 13.2. The molecule has 0 saturated carbocycles. The molecular weight excluding hydrogens is 232 g/mol. The van der Waals surface area contributed by atoms with Crippen molar-refractivity contribution in [2.45, 2.75) is 33.2 Å². The Balaban J connectivity index is 3.04. The largest absolute Gasteiger partial charge is 0.398 e. The molecule has 0 fully saturated rings. The molecule has 0 aliphatic carbocycles. The SMILES string of the molecule is C=CCN(C(=O)c1cc(N)c(C)s1)C(C)(C)C. The smallest absolute Gasteiger partial charge is 0.264 e. The van der Waals surface area contributed by atoms with Gasteiger partial charge in [0.1, 0.15) is 0 Å². The molecule has 0 radical (unpaired) electrons. The van der Waals surface area contributed by atoms with E-state index in [1.165, 1.54) is 11.3 Å². The molecule has 0 bridgehead atoms. The quantitative estimate of drug-likeness (QED) is 0.840. The summed E-state index contributed by atoms with van der Waals surface area (Å²) in [5.41, 5.74) is 6.24. The van der Waals surface area contributed by atoms with Gasteiger partial charge in [-0.05, 0) is 33.8 Å². The number of nitrogens with zero attached hydrogens (tertiary/aromatic N) is 1. The predicted octanol–water partition coefficient (Wildman–Crippen LogP) is 3.07. The summed E-state index contributed by atoms with van der Waals surface area (Å²) in [5.74, 6) is 0.0159. The second kappa shape index (κ2) is 4.92. The van der Waals surface area contributed by atoms with E-state index in [1.807, 2.05) is 27.7 Å². The summed E-state index contributed by atoms with van der Waals surface area (Å²) < 4.78 is 0. The number of nitrogens with two attached hydrogens (primary N) is 1. The lowest BCUT2D eigenvalue weighted by atomic mass is 10.1. The maximum Gasteiger partial charge on any atom is 0.264 e. The first-order valence-corrected chi connectivity index (χ1v) is 6.37. The van der Waals surface area contributed by atoms with Crippen LogP contribution in [-0.4, -0.2) is 22.9 Å². The van der Waals surface area contributed by atoms with Gasteiger partial charge in [-0.15, -0.1) is 17.9 Å². The van der Waals surface area contributed by atoms with Crippen LogP contribution >= 0.6 is 11.3 Å². The Morgan fingerprint density at radius 2 is 2.18 bits per heavy atom. The first-order valence-electron chi connectivity index (χ1n) is 5.56. The van der Waals surface area contributed by atoms with Crippen molar-refractivity contribution >= 4 is 22.9 Å². The number of nitrogen functional groups attached to an aromatic ring is 1. The maximum absolute atomic E-state index is 12.4. The highest BCUT2D eigenvalue weighted by molar-refractivity contribution is 7.14. The number of hydrogen-bond acceptors (Lipinski definition) is 3. The summed E-state index contributed by atoms with van der Waals surface area (Å²) in [7, 11) is 0. The van der Waals surface area contributed by atoms with Gasteiger partial charge in [-0.3, -0.25) is 4.79 Å². The van der Waals surface area contributed by atoms with Crippen molar-refractivity contribution in [1.82, 2.24) is 4.90 Å². The normalized spacial score (nSPS) is 11.3. The molecule has 0 atom stereocenters. The first kappa shape index (κ1) is 13.8. The number of carbonyl (C=O) groups excluding carboxylic acids is 1. The molecule has 3 nitrogen and oxygen atoms in total. The highest BCUT2D eigenvalue weighted by Gasteiger charge is 2.27. The zero-order valence-corrected chi connectivity index (χ0v) is 11.7. The predicted molar refractivity (Wildman–Crippen MR) is 74.5 cm³/mol. The lowest BCUT2D eigenvalue weighted by molar-refractivity contribution is 0.0622. The van der Waals surface area contributed by atoms with Crippen LogP contribution in [0.1, 0.15) is 35.3 Å². The van der Waals surface area contributed by atoms with Crippen LogP contribution in [0.2, 0.25) is 0 Å². The lowest BCUT2D eigenvalue weighted by Gasteiger charge is -2.34. The van der Waals surface area contributed by atoms with E-state index >= 15 is 0 Å². The number of hydrogen-bond donors (Lipinski definition) is 1. The fraction of sp³-hybridized carbons (Fsp3) is 0.462. The molecule has 1 aromatic heterocycles. The Morgan fingerprint density at radius 1 is 1.59 bits per heavy atom. The van der Waals surface area contributed by atoms with E-state index in [1.54, 1.807) is 17.0 Å². The summed E-state index contributed by atoms with van der Waals surface area (Å²) >= 11 is 1.44. The fourth-order valence-electron chi connectivity index (χ4n) is 1.53. The molecule has 0 aliphatic heterocycles. The number of anilines is 1. The molecule has 0 aliphatic rings. The topological polar surface area (TPSA) is 46.3 Å². The first-order chi connectivity index (χ1) is 7.77. The van der Waals surface area contributed by atoms with Crippen LogP contribution in [0.5, 0.6) is 0 Å². The van der Waals surface area contributed by atoms with Crippen LogP contribution in [0.25, 0.3) is 0 Å². The maximum atomic E-state index is 12.4. The van der Waals surface area contributed by atoms with Crippen molar-refractivity contribution in [2.75, 3.05) is 12.3 Å². The van der Waals surface area contributed by atoms with Crippen LogP contribution in [0.15, 0.2) is 18.7 Å². The third-order valence-corrected chi connectivity index (χ3v) is 3.59. The van der Waals surface area contributed by atoms with E-state index in [0.29, 0.717) is 17.1 Å². The van der Waals surface area contributed by atoms with Crippen molar-refractivity contribution in [3.05, 3.63) is 28.5 Å². The van der Waals surface area contributed by atoms with E-state index in [-0.39, 0.29) is 11.4 Å². The molecule has 0 spiro atoms. The summed E-state index contributed by atoms with van der Waals surface area (Å²) in [6.07, 6.45) is 1.74. The zero-order valence-electron chi connectivity index (χ0n) is 10.9. The summed E-state index contributed by atoms with van der Waals surface area (Å²) in [6, 6.07) is 1.75. The highest BCUT2D eigenvalue weighted by Crippen LogP contribution is 2.26. The van der Waals surface area contributed by atoms with Gasteiger partial charge < -0.3 is 10.6 Å². The second-order valence-corrected chi connectivity index (χ2v) is 6.25. The van der Waals surface area contributed by atoms with Crippen molar-refractivity contribution in [2.24, 2.45) is 0 Å². The Hall–Kier alpha value is -1.29. The van der Waals surface area contributed by atoms with Crippen molar-refractivity contribution in [1.29, 1.82) is 0 Å². The highest BCUT2D eigenvalue weighted by atomic mass is 32.1. The molecule has 1 amide bonds. The fourth-order valence-corrected chi connectivity index (χ4v) is 2.42. The van der Waals surface area contributed by atoms with E-state index in [4.69, 9.17) is 5.73 Å². The molecule has 0 unspecified atom stereocenters. The summed E-state index contributed by atoms with van der Waals surface area (Å²) in [6.45, 7) is 12.2. The van der Waals surface area contributed by atoms with Crippen LogP contribution in [0, 0.1) is 6.92 Å². The van der Waals surface area contributed by atoms with E-state index in [9.17, 15) is 4.79 Å². The van der Waals surface area contributed by atoms with E-state index in [2.05, 4.69) is 6.58 Å². The van der Waals surface area contributed by atoms with Gasteiger partial charge in [0.25, 0.3) is 5.91 Å². The van der Waals surface area contributed by atoms with Crippen LogP contribution in [0.4, 0.5) is 5.69 Å². The van der Waals surface area contributed by atoms with Crippen molar-refractivity contribution in [3.63, 3.8) is 0 Å². The molecular formula is C13H20N2OS. The van der Waals surface area contributed by atoms with Gasteiger partial charge in [-0.1, -0.05) is 6.08 Å². The molecule has 94 valence electrons. The number of amides is 1. The Labute approximate surface area is 107 Å². The number of aryl methyl sites for hydroxylation is 1. The molecule has 2 N–H and O–H groups in total. The Morgan fingerprint density at radius 3 is 2.53 bits per heavy atom. The third kappa shape index (κ3) is 3.09. The van der Waals surface area contributed by atoms with Gasteiger partial charge in [0.2, 0.25) is 0 Å². The minimum Gasteiger partial charge on any atom is -0.398 e. The van der Waals surface area contributed by atoms with E-state index < -0.39 is 0 Å². The average Bonchev–Trinajstić information content (AvgIpc) is 2.53. The van der Waals surface area contributed by atoms with Crippen LogP contribution in [-0.2, 0) is 0 Å². The molecule has 0 saturated heterocycles. The van der Waals surface area contributed by atoms with Crippen molar-refractivity contribution in [3.8, 4) is 0 Å². The Kier molecular flexibility index (Phi) is 3.98. The van der Waals surface area contributed by atoms with Crippen molar-refractivity contribution < 1.29 is 4.79 Å². The van der Waals surface area contributed by atoms with Gasteiger partial charge in [0, 0.05) is 22.6 Å². The van der Waals surface area contributed by atoms with Gasteiger partial charge in [-0.2, -0.15) is 0 Å². The number of carbonyl (C=O) groups is 1. The Bertz CT molecular complexity index is 410. The summed E-state index contributed by atoms with van der Waals surface area (Å²) in [4.78, 5) is 15.9. The molecule has 1 rings (SSSR count). The third-order valence-electron chi connectivity index (χ3n) is 2.53. The average molecular weight is 252 g/mol. The molecule has 4 heteroatoms. The molecule has 1 heterocycles. The van der Waals surface area contributed by atoms with Gasteiger partial charge in [0.15, 0.2) is 0 Å². The standard InChI is InChI=1S/C13H20N2OS/c1-6-7-15(13(3,4)5)12(16)11-8-10(14)9(2)17-11/h6,8H,1,7,14H2,2-5H3. The minimum atomic E-state index is -0.224. The van der Waals surface area contributed by atoms with Gasteiger partial charge in [-0.25, -0.2) is 0 Å². The lowest BCUT2D eigenvalue weighted by Crippen LogP contribution is -2.45. The number of rotatable bonds is 3. The molecule has 0 aromatic carbocycles. The second-order valence-electron chi connectivity index (χ2n) is 5.00. The molecule has 17 heavy (non-hydrogen) atoms. The van der Waals surface area contributed by atoms with Crippen LogP contribution < -0.4 is 5.73 Å². The monoisotopic (exact) mass is 252 g/mol. The summed E-state index contributed by atoms with van der Waals surface area (Å²) in [5, 5.41) is 0. The van der Waals surface area contributed by atoms with E-state index in [0.717, 1.165) is 4.88 Å². The van der Waals surface area contributed by atoms with Crippen LogP contribution in [0.3, 0.4) is 0 Å².